The van der Waals surface area contributed by atoms with Crippen LogP contribution in [-0.4, -0.2) is 0 Å². The Morgan fingerprint density at radius 1 is 1.21 bits per heavy atom. The van der Waals surface area contributed by atoms with E-state index in [4.69, 9.17) is 0 Å². The molecule has 0 atom stereocenters. The molecule has 1 aromatic carbocycles. The van der Waals surface area contributed by atoms with Crippen molar-refractivity contribution in [3.63, 3.8) is 0 Å². The van der Waals surface area contributed by atoms with Gasteiger partial charge in [0.25, 0.3) is 0 Å². The zero-order valence-corrected chi connectivity index (χ0v) is 9.30. The average molecular weight is 186 g/mol. The Labute approximate surface area is 86.7 Å². The smallest absolute Gasteiger partial charge is 0.00946 e. The summed E-state index contributed by atoms with van der Waals surface area (Å²) in [6, 6.07) is 6.65. The van der Waals surface area contributed by atoms with E-state index in [1.54, 1.807) is 0 Å². The standard InChI is InChI=1S/C14H18/c1-11-7-6-9-13-12(11)8-4-5-10-14(13,2)3/h4,6-9H,5,10H2,1-3H3. The number of hydrogen-bond acceptors (Lipinski definition) is 0. The molecule has 0 heterocycles. The summed E-state index contributed by atoms with van der Waals surface area (Å²) in [6.45, 7) is 6.89. The highest BCUT2D eigenvalue weighted by Gasteiger charge is 2.24. The van der Waals surface area contributed by atoms with E-state index in [-0.39, 0.29) is 0 Å². The van der Waals surface area contributed by atoms with Gasteiger partial charge in [0, 0.05) is 0 Å². The van der Waals surface area contributed by atoms with E-state index < -0.39 is 0 Å². The molecule has 74 valence electrons. The van der Waals surface area contributed by atoms with E-state index in [2.05, 4.69) is 51.1 Å². The molecule has 0 spiro atoms. The number of aryl methyl sites for hydroxylation is 1. The van der Waals surface area contributed by atoms with Gasteiger partial charge in [0.1, 0.15) is 0 Å². The molecule has 2 rings (SSSR count). The van der Waals surface area contributed by atoms with Gasteiger partial charge in [-0.3, -0.25) is 0 Å². The van der Waals surface area contributed by atoms with Gasteiger partial charge in [0.05, 0.1) is 0 Å². The van der Waals surface area contributed by atoms with Crippen LogP contribution in [0.5, 0.6) is 0 Å². The summed E-state index contributed by atoms with van der Waals surface area (Å²) < 4.78 is 0. The lowest BCUT2D eigenvalue weighted by Crippen LogP contribution is -2.17. The molecule has 0 radical (unpaired) electrons. The van der Waals surface area contributed by atoms with Gasteiger partial charge in [-0.15, -0.1) is 0 Å². The Bertz CT molecular complexity index is 370. The summed E-state index contributed by atoms with van der Waals surface area (Å²) in [5, 5.41) is 0. The number of fused-ring (bicyclic) bond motifs is 1. The highest BCUT2D eigenvalue weighted by Crippen LogP contribution is 2.35. The highest BCUT2D eigenvalue weighted by atomic mass is 14.3. The van der Waals surface area contributed by atoms with Crippen molar-refractivity contribution in [2.75, 3.05) is 0 Å². The Kier molecular flexibility index (Phi) is 2.22. The molecule has 14 heavy (non-hydrogen) atoms. The maximum atomic E-state index is 2.35. The first-order chi connectivity index (χ1) is 6.61. The van der Waals surface area contributed by atoms with Gasteiger partial charge in [0.15, 0.2) is 0 Å². The molecule has 0 nitrogen and oxygen atoms in total. The zero-order chi connectivity index (χ0) is 10.2. The van der Waals surface area contributed by atoms with Crippen molar-refractivity contribution in [1.29, 1.82) is 0 Å². The monoisotopic (exact) mass is 186 g/mol. The van der Waals surface area contributed by atoms with E-state index in [9.17, 15) is 0 Å². The van der Waals surface area contributed by atoms with Gasteiger partial charge in [-0.2, -0.15) is 0 Å². The summed E-state index contributed by atoms with van der Waals surface area (Å²) in [5.41, 5.74) is 4.67. The number of rotatable bonds is 0. The lowest BCUT2D eigenvalue weighted by atomic mass is 9.79. The molecule has 0 N–H and O–H groups in total. The molecule has 0 aliphatic heterocycles. The fraction of sp³-hybridized carbons (Fsp3) is 0.429. The largest absolute Gasteiger partial charge is 0.0839 e. The second-order valence-electron chi connectivity index (χ2n) is 4.86. The van der Waals surface area contributed by atoms with Crippen molar-refractivity contribution >= 4 is 6.08 Å². The molecule has 0 bridgehead atoms. The molecular weight excluding hydrogens is 168 g/mol. The second kappa shape index (κ2) is 3.27. The lowest BCUT2D eigenvalue weighted by Gasteiger charge is -2.26. The average Bonchev–Trinajstić information content (AvgIpc) is 2.27. The van der Waals surface area contributed by atoms with Crippen LogP contribution in [0.4, 0.5) is 0 Å². The fourth-order valence-electron chi connectivity index (χ4n) is 2.27. The van der Waals surface area contributed by atoms with Crippen LogP contribution in [0.15, 0.2) is 24.3 Å². The summed E-state index contributed by atoms with van der Waals surface area (Å²) >= 11 is 0. The van der Waals surface area contributed by atoms with Crippen LogP contribution < -0.4 is 0 Å². The van der Waals surface area contributed by atoms with Crippen LogP contribution in [0, 0.1) is 6.92 Å². The molecule has 1 aliphatic rings. The maximum Gasteiger partial charge on any atom is -0.00946 e. The van der Waals surface area contributed by atoms with Crippen LogP contribution >= 0.6 is 0 Å². The number of hydrogen-bond donors (Lipinski definition) is 0. The summed E-state index contributed by atoms with van der Waals surface area (Å²) in [7, 11) is 0. The van der Waals surface area contributed by atoms with Crippen LogP contribution in [-0.2, 0) is 5.41 Å². The van der Waals surface area contributed by atoms with E-state index in [0.717, 1.165) is 0 Å². The Morgan fingerprint density at radius 2 is 2.00 bits per heavy atom. The minimum Gasteiger partial charge on any atom is -0.0839 e. The first-order valence-electron chi connectivity index (χ1n) is 5.38. The molecule has 1 aliphatic carbocycles. The summed E-state index contributed by atoms with van der Waals surface area (Å²) in [4.78, 5) is 0. The van der Waals surface area contributed by atoms with E-state index in [1.807, 2.05) is 0 Å². The minimum absolute atomic E-state index is 0.324. The van der Waals surface area contributed by atoms with Gasteiger partial charge in [-0.05, 0) is 41.9 Å². The third-order valence-electron chi connectivity index (χ3n) is 3.27. The van der Waals surface area contributed by atoms with Gasteiger partial charge < -0.3 is 0 Å². The Balaban J connectivity index is 2.64. The number of allylic oxidation sites excluding steroid dienone is 1. The second-order valence-corrected chi connectivity index (χ2v) is 4.86. The molecular formula is C14H18. The van der Waals surface area contributed by atoms with Crippen molar-refractivity contribution in [1.82, 2.24) is 0 Å². The zero-order valence-electron chi connectivity index (χ0n) is 9.30. The quantitative estimate of drug-likeness (QED) is 0.572. The van der Waals surface area contributed by atoms with Gasteiger partial charge >= 0.3 is 0 Å². The lowest BCUT2D eigenvalue weighted by molar-refractivity contribution is 0.487. The van der Waals surface area contributed by atoms with Gasteiger partial charge in [0.2, 0.25) is 0 Å². The predicted molar refractivity (Wildman–Crippen MR) is 62.5 cm³/mol. The van der Waals surface area contributed by atoms with Crippen LogP contribution in [0.1, 0.15) is 43.4 Å². The first-order valence-corrected chi connectivity index (χ1v) is 5.38. The Hall–Kier alpha value is -1.04. The molecule has 0 saturated carbocycles. The third kappa shape index (κ3) is 1.50. The van der Waals surface area contributed by atoms with Gasteiger partial charge in [-0.1, -0.05) is 44.2 Å². The molecule has 0 saturated heterocycles. The van der Waals surface area contributed by atoms with Crippen molar-refractivity contribution < 1.29 is 0 Å². The normalized spacial score (nSPS) is 18.8. The number of benzene rings is 1. The summed E-state index contributed by atoms with van der Waals surface area (Å²) in [6.07, 6.45) is 7.04. The summed E-state index contributed by atoms with van der Waals surface area (Å²) in [5.74, 6) is 0. The van der Waals surface area contributed by atoms with Crippen molar-refractivity contribution in [3.05, 3.63) is 41.0 Å². The highest BCUT2D eigenvalue weighted by molar-refractivity contribution is 5.60. The van der Waals surface area contributed by atoms with Crippen molar-refractivity contribution in [2.24, 2.45) is 0 Å². The molecule has 0 amide bonds. The molecule has 1 aromatic rings. The van der Waals surface area contributed by atoms with Crippen molar-refractivity contribution in [2.45, 2.75) is 39.0 Å². The fourth-order valence-corrected chi connectivity index (χ4v) is 2.27. The SMILES string of the molecule is Cc1cccc2c1C=CCCC2(C)C. The predicted octanol–water partition coefficient (Wildman–Crippen LogP) is 4.08. The van der Waals surface area contributed by atoms with Crippen LogP contribution in [0.2, 0.25) is 0 Å². The molecule has 0 fully saturated rings. The van der Waals surface area contributed by atoms with Crippen LogP contribution in [0.3, 0.4) is 0 Å². The maximum absolute atomic E-state index is 2.35. The third-order valence-corrected chi connectivity index (χ3v) is 3.27. The topological polar surface area (TPSA) is 0 Å². The van der Waals surface area contributed by atoms with E-state index in [0.29, 0.717) is 5.41 Å². The van der Waals surface area contributed by atoms with Crippen molar-refractivity contribution in [3.8, 4) is 0 Å². The van der Waals surface area contributed by atoms with Gasteiger partial charge in [-0.25, -0.2) is 0 Å². The Morgan fingerprint density at radius 3 is 2.79 bits per heavy atom. The van der Waals surface area contributed by atoms with E-state index >= 15 is 0 Å². The van der Waals surface area contributed by atoms with Crippen LogP contribution in [0.25, 0.3) is 6.08 Å². The minimum atomic E-state index is 0.324. The first kappa shape index (κ1) is 9.51. The van der Waals surface area contributed by atoms with E-state index in [1.165, 1.54) is 29.5 Å². The molecule has 0 unspecified atom stereocenters. The molecule has 0 aromatic heterocycles. The molecule has 0 heteroatoms.